The number of aromatic nitrogens is 4. The van der Waals surface area contributed by atoms with Crippen molar-refractivity contribution < 1.29 is 4.79 Å². The Morgan fingerprint density at radius 2 is 1.89 bits per heavy atom. The van der Waals surface area contributed by atoms with Crippen LogP contribution in [-0.2, 0) is 23.4 Å². The second-order valence-corrected chi connectivity index (χ2v) is 7.69. The molecule has 2 heterocycles. The van der Waals surface area contributed by atoms with Gasteiger partial charge in [-0.3, -0.25) is 14.2 Å². The van der Waals surface area contributed by atoms with Gasteiger partial charge in [0, 0.05) is 26.6 Å². The summed E-state index contributed by atoms with van der Waals surface area (Å²) in [7, 11) is 1.77. The Morgan fingerprint density at radius 3 is 2.56 bits per heavy atom. The van der Waals surface area contributed by atoms with Crippen LogP contribution in [0.15, 0.2) is 47.7 Å². The van der Waals surface area contributed by atoms with Gasteiger partial charge in [-0.2, -0.15) is 5.10 Å². The van der Waals surface area contributed by atoms with Gasteiger partial charge in [-0.15, -0.1) is 0 Å². The molecule has 0 aliphatic heterocycles. The average Bonchev–Trinajstić information content (AvgIpc) is 3.07. The Hall–Kier alpha value is -2.96. The summed E-state index contributed by atoms with van der Waals surface area (Å²) in [5.74, 6) is -0.0174. The van der Waals surface area contributed by atoms with Crippen LogP contribution in [0, 0.1) is 0 Å². The Bertz CT molecular complexity index is 999. The third-order valence-corrected chi connectivity index (χ3v) is 4.44. The van der Waals surface area contributed by atoms with Gasteiger partial charge in [-0.25, -0.2) is 9.67 Å². The molecule has 1 aromatic carbocycles. The molecule has 2 aromatic heterocycles. The van der Waals surface area contributed by atoms with Crippen molar-refractivity contribution in [2.75, 3.05) is 7.05 Å². The van der Waals surface area contributed by atoms with Gasteiger partial charge in [0.1, 0.15) is 5.39 Å². The lowest BCUT2D eigenvalue weighted by molar-refractivity contribution is -0.130. The molecule has 0 saturated carbocycles. The second-order valence-electron chi connectivity index (χ2n) is 7.69. The highest BCUT2D eigenvalue weighted by Crippen LogP contribution is 2.17. The van der Waals surface area contributed by atoms with Crippen molar-refractivity contribution in [3.8, 4) is 0 Å². The lowest BCUT2D eigenvalue weighted by Crippen LogP contribution is -2.29. The molecular formula is C20H25N5O2. The first-order valence-electron chi connectivity index (χ1n) is 8.99. The minimum absolute atomic E-state index is 0.0174. The van der Waals surface area contributed by atoms with Gasteiger partial charge >= 0.3 is 0 Å². The lowest BCUT2D eigenvalue weighted by atomic mass is 10.1. The molecule has 0 fully saturated rings. The van der Waals surface area contributed by atoms with E-state index in [-0.39, 0.29) is 23.4 Å². The molecular weight excluding hydrogens is 342 g/mol. The number of benzene rings is 1. The predicted octanol–water partition coefficient (Wildman–Crippen LogP) is 2.40. The Kier molecular flexibility index (Phi) is 5.12. The van der Waals surface area contributed by atoms with E-state index in [1.165, 1.54) is 10.9 Å². The number of carbonyl (C=O) groups excluding carboxylic acids is 1. The fourth-order valence-corrected chi connectivity index (χ4v) is 2.95. The van der Waals surface area contributed by atoms with E-state index in [1.54, 1.807) is 22.8 Å². The molecule has 0 saturated heterocycles. The molecule has 3 aromatic rings. The van der Waals surface area contributed by atoms with Crippen LogP contribution < -0.4 is 5.56 Å². The number of nitrogens with zero attached hydrogens (tertiary/aromatic N) is 5. The van der Waals surface area contributed by atoms with Crippen molar-refractivity contribution in [3.63, 3.8) is 0 Å². The molecule has 0 bridgehead atoms. The quantitative estimate of drug-likeness (QED) is 0.694. The zero-order valence-corrected chi connectivity index (χ0v) is 16.2. The summed E-state index contributed by atoms with van der Waals surface area (Å²) in [6.07, 6.45) is 3.29. The monoisotopic (exact) mass is 367 g/mol. The Morgan fingerprint density at radius 1 is 1.19 bits per heavy atom. The molecule has 0 radical (unpaired) electrons. The fraction of sp³-hybridized carbons (Fsp3) is 0.400. The van der Waals surface area contributed by atoms with Gasteiger partial charge < -0.3 is 4.90 Å². The summed E-state index contributed by atoms with van der Waals surface area (Å²) < 4.78 is 3.22. The normalized spacial score (nSPS) is 11.7. The van der Waals surface area contributed by atoms with Crippen molar-refractivity contribution in [1.29, 1.82) is 0 Å². The van der Waals surface area contributed by atoms with Crippen LogP contribution in [0.1, 0.15) is 32.8 Å². The van der Waals surface area contributed by atoms with E-state index in [0.717, 1.165) is 5.56 Å². The highest BCUT2D eigenvalue weighted by Gasteiger charge is 2.20. The summed E-state index contributed by atoms with van der Waals surface area (Å²) in [6.45, 7) is 6.86. The first kappa shape index (κ1) is 18.8. The molecule has 0 N–H and O–H groups in total. The van der Waals surface area contributed by atoms with Crippen LogP contribution in [0.4, 0.5) is 0 Å². The largest absolute Gasteiger partial charge is 0.341 e. The van der Waals surface area contributed by atoms with E-state index < -0.39 is 0 Å². The van der Waals surface area contributed by atoms with E-state index in [0.29, 0.717) is 24.1 Å². The van der Waals surface area contributed by atoms with Crippen molar-refractivity contribution in [2.24, 2.45) is 0 Å². The first-order chi connectivity index (χ1) is 12.8. The molecule has 0 spiro atoms. The van der Waals surface area contributed by atoms with Crippen molar-refractivity contribution in [3.05, 3.63) is 58.8 Å². The molecule has 0 unspecified atom stereocenters. The van der Waals surface area contributed by atoms with E-state index in [2.05, 4.69) is 10.1 Å². The van der Waals surface area contributed by atoms with E-state index in [9.17, 15) is 9.59 Å². The molecule has 142 valence electrons. The number of rotatable bonds is 5. The van der Waals surface area contributed by atoms with Crippen LogP contribution in [0.25, 0.3) is 11.0 Å². The van der Waals surface area contributed by atoms with E-state index in [4.69, 9.17) is 0 Å². The maximum atomic E-state index is 12.7. The van der Waals surface area contributed by atoms with Crippen molar-refractivity contribution in [2.45, 2.75) is 45.8 Å². The maximum absolute atomic E-state index is 12.7. The fourth-order valence-electron chi connectivity index (χ4n) is 2.95. The second kappa shape index (κ2) is 7.34. The van der Waals surface area contributed by atoms with Crippen LogP contribution in [-0.4, -0.2) is 37.2 Å². The minimum Gasteiger partial charge on any atom is -0.341 e. The number of hydrogen-bond acceptors (Lipinski definition) is 4. The maximum Gasteiger partial charge on any atom is 0.264 e. The standard InChI is InChI=1S/C20H25N5O2/c1-20(2,3)25-18-16(12-22-25)19(27)24(14-21-18)11-10-17(26)23(4)13-15-8-6-5-7-9-15/h5-9,12,14H,10-11,13H2,1-4H3. The average molecular weight is 367 g/mol. The van der Waals surface area contributed by atoms with E-state index in [1.807, 2.05) is 51.1 Å². The molecule has 0 aliphatic carbocycles. The molecule has 7 heteroatoms. The van der Waals surface area contributed by atoms with Gasteiger partial charge in [-0.1, -0.05) is 30.3 Å². The summed E-state index contributed by atoms with van der Waals surface area (Å²) in [5, 5.41) is 4.77. The topological polar surface area (TPSA) is 73.0 Å². The minimum atomic E-state index is -0.260. The van der Waals surface area contributed by atoms with Crippen LogP contribution >= 0.6 is 0 Å². The molecule has 7 nitrogen and oxygen atoms in total. The molecule has 3 rings (SSSR count). The van der Waals surface area contributed by atoms with Crippen molar-refractivity contribution >= 4 is 16.9 Å². The van der Waals surface area contributed by atoms with Gasteiger partial charge in [0.05, 0.1) is 18.1 Å². The van der Waals surface area contributed by atoms with Gasteiger partial charge in [0.2, 0.25) is 5.91 Å². The lowest BCUT2D eigenvalue weighted by Gasteiger charge is -2.19. The molecule has 27 heavy (non-hydrogen) atoms. The predicted molar refractivity (Wildman–Crippen MR) is 104 cm³/mol. The Balaban J connectivity index is 1.71. The highest BCUT2D eigenvalue weighted by atomic mass is 16.2. The summed E-state index contributed by atoms with van der Waals surface area (Å²) in [4.78, 5) is 31.2. The summed E-state index contributed by atoms with van der Waals surface area (Å²) >= 11 is 0. The zero-order valence-electron chi connectivity index (χ0n) is 16.2. The molecule has 0 aliphatic rings. The Labute approximate surface area is 158 Å². The van der Waals surface area contributed by atoms with Crippen LogP contribution in [0.5, 0.6) is 0 Å². The van der Waals surface area contributed by atoms with Crippen LogP contribution in [0.3, 0.4) is 0 Å². The number of aryl methyl sites for hydroxylation is 1. The number of hydrogen-bond donors (Lipinski definition) is 0. The highest BCUT2D eigenvalue weighted by molar-refractivity contribution is 5.76. The summed E-state index contributed by atoms with van der Waals surface area (Å²) in [6, 6.07) is 9.82. The van der Waals surface area contributed by atoms with Gasteiger partial charge in [0.15, 0.2) is 5.65 Å². The number of amides is 1. The molecule has 1 amide bonds. The van der Waals surface area contributed by atoms with Gasteiger partial charge in [-0.05, 0) is 26.3 Å². The van der Waals surface area contributed by atoms with Crippen molar-refractivity contribution in [1.82, 2.24) is 24.2 Å². The number of carbonyl (C=O) groups is 1. The number of fused-ring (bicyclic) bond motifs is 1. The summed E-state index contributed by atoms with van der Waals surface area (Å²) in [5.41, 5.74) is 1.21. The first-order valence-corrected chi connectivity index (χ1v) is 8.99. The third kappa shape index (κ3) is 4.07. The van der Waals surface area contributed by atoms with Crippen LogP contribution in [0.2, 0.25) is 0 Å². The smallest absolute Gasteiger partial charge is 0.264 e. The third-order valence-electron chi connectivity index (χ3n) is 4.44. The zero-order chi connectivity index (χ0) is 19.6. The molecule has 0 atom stereocenters. The van der Waals surface area contributed by atoms with Gasteiger partial charge in [0.25, 0.3) is 5.56 Å². The van der Waals surface area contributed by atoms with E-state index >= 15 is 0 Å². The SMILES string of the molecule is CN(Cc1ccccc1)C(=O)CCn1cnc2c(cnn2C(C)(C)C)c1=O.